The minimum Gasteiger partial charge on any atom is -0.448 e. The van der Waals surface area contributed by atoms with Crippen LogP contribution >= 0.6 is 0 Å². The fourth-order valence-electron chi connectivity index (χ4n) is 1.80. The van der Waals surface area contributed by atoms with E-state index >= 15 is 0 Å². The van der Waals surface area contributed by atoms with Crippen molar-refractivity contribution in [1.29, 1.82) is 0 Å². The van der Waals surface area contributed by atoms with E-state index in [4.69, 9.17) is 4.74 Å². The van der Waals surface area contributed by atoms with Gasteiger partial charge in [0.05, 0.1) is 18.0 Å². The Labute approximate surface area is 125 Å². The van der Waals surface area contributed by atoms with Gasteiger partial charge in [0, 0.05) is 0 Å². The lowest BCUT2D eigenvalue weighted by molar-refractivity contribution is 0.153. The van der Waals surface area contributed by atoms with Gasteiger partial charge in [-0.05, 0) is 30.7 Å². The predicted octanol–water partition coefficient (Wildman–Crippen LogP) is 4.46. The summed E-state index contributed by atoms with van der Waals surface area (Å²) in [6.07, 6.45) is 1.45. The number of hydrogen-bond donors (Lipinski definition) is 1. The second-order valence-corrected chi connectivity index (χ2v) is 4.62. The van der Waals surface area contributed by atoms with Crippen LogP contribution in [0, 0.1) is 0 Å². The fraction of sp³-hybridized carbons (Fsp3) is 0.235. The number of hydrazine groups is 1. The van der Waals surface area contributed by atoms with Crippen molar-refractivity contribution in [2.45, 2.75) is 19.8 Å². The van der Waals surface area contributed by atoms with E-state index in [-0.39, 0.29) is 0 Å². The van der Waals surface area contributed by atoms with Crippen LogP contribution in [0.1, 0.15) is 19.8 Å². The van der Waals surface area contributed by atoms with E-state index in [9.17, 15) is 4.79 Å². The van der Waals surface area contributed by atoms with Crippen molar-refractivity contribution in [1.82, 2.24) is 0 Å². The highest BCUT2D eigenvalue weighted by Gasteiger charge is 2.17. The number of benzene rings is 2. The molecular weight excluding hydrogens is 264 g/mol. The quantitative estimate of drug-likeness (QED) is 0.629. The van der Waals surface area contributed by atoms with E-state index in [1.54, 1.807) is 0 Å². The first-order valence-corrected chi connectivity index (χ1v) is 7.15. The molecular formula is C17H20N2O2. The second kappa shape index (κ2) is 7.94. The van der Waals surface area contributed by atoms with Gasteiger partial charge in [-0.15, -0.1) is 0 Å². The molecule has 0 aliphatic carbocycles. The molecule has 0 fully saturated rings. The van der Waals surface area contributed by atoms with Crippen LogP contribution in [0.4, 0.5) is 16.2 Å². The summed E-state index contributed by atoms with van der Waals surface area (Å²) in [5.41, 5.74) is 4.65. The van der Waals surface area contributed by atoms with E-state index in [0.717, 1.165) is 24.2 Å². The molecule has 0 aliphatic heterocycles. The number of hydrogen-bond acceptors (Lipinski definition) is 3. The van der Waals surface area contributed by atoms with E-state index in [0.29, 0.717) is 6.61 Å². The molecule has 2 aromatic carbocycles. The first-order chi connectivity index (χ1) is 10.3. The molecule has 4 heteroatoms. The zero-order chi connectivity index (χ0) is 14.9. The monoisotopic (exact) mass is 284 g/mol. The molecule has 21 heavy (non-hydrogen) atoms. The zero-order valence-corrected chi connectivity index (χ0v) is 12.2. The number of anilines is 2. The van der Waals surface area contributed by atoms with Crippen molar-refractivity contribution >= 4 is 17.5 Å². The van der Waals surface area contributed by atoms with Crippen molar-refractivity contribution in [3.63, 3.8) is 0 Å². The molecule has 0 saturated carbocycles. The van der Waals surface area contributed by atoms with E-state index < -0.39 is 6.09 Å². The van der Waals surface area contributed by atoms with Gasteiger partial charge in [-0.1, -0.05) is 49.7 Å². The summed E-state index contributed by atoms with van der Waals surface area (Å²) in [5.74, 6) is 0. The molecule has 2 aromatic rings. The third-order valence-electron chi connectivity index (χ3n) is 2.94. The average molecular weight is 284 g/mol. The summed E-state index contributed by atoms with van der Waals surface area (Å²) < 4.78 is 5.30. The van der Waals surface area contributed by atoms with Gasteiger partial charge in [0.2, 0.25) is 0 Å². The van der Waals surface area contributed by atoms with Crippen LogP contribution in [0.3, 0.4) is 0 Å². The Morgan fingerprint density at radius 1 is 1.05 bits per heavy atom. The maximum absolute atomic E-state index is 12.3. The topological polar surface area (TPSA) is 41.6 Å². The van der Waals surface area contributed by atoms with Crippen LogP contribution in [0.2, 0.25) is 0 Å². The van der Waals surface area contributed by atoms with Gasteiger partial charge in [-0.3, -0.25) is 5.43 Å². The summed E-state index contributed by atoms with van der Waals surface area (Å²) >= 11 is 0. The van der Waals surface area contributed by atoms with Crippen LogP contribution < -0.4 is 10.4 Å². The predicted molar refractivity (Wildman–Crippen MR) is 85.2 cm³/mol. The lowest BCUT2D eigenvalue weighted by Crippen LogP contribution is -2.37. The van der Waals surface area contributed by atoms with Crippen molar-refractivity contribution in [2.75, 3.05) is 17.0 Å². The summed E-state index contributed by atoms with van der Waals surface area (Å²) in [4.78, 5) is 12.3. The zero-order valence-electron chi connectivity index (χ0n) is 12.2. The number of unbranched alkanes of at least 4 members (excludes halogenated alkanes) is 1. The van der Waals surface area contributed by atoms with Crippen molar-refractivity contribution in [3.8, 4) is 0 Å². The van der Waals surface area contributed by atoms with Gasteiger partial charge in [-0.25, -0.2) is 4.79 Å². The van der Waals surface area contributed by atoms with Gasteiger partial charge in [0.25, 0.3) is 0 Å². The van der Waals surface area contributed by atoms with Gasteiger partial charge in [0.15, 0.2) is 0 Å². The number of amides is 1. The largest absolute Gasteiger partial charge is 0.448 e. The number of rotatable bonds is 6. The molecule has 0 saturated heterocycles. The molecule has 4 nitrogen and oxygen atoms in total. The van der Waals surface area contributed by atoms with E-state index in [1.165, 1.54) is 5.01 Å². The highest BCUT2D eigenvalue weighted by atomic mass is 16.6. The minimum absolute atomic E-state index is 0.404. The molecule has 0 bridgehead atoms. The highest BCUT2D eigenvalue weighted by Crippen LogP contribution is 2.17. The standard InChI is InChI=1S/C17H20N2O2/c1-2-3-14-21-17(20)19(16-12-8-5-9-13-16)18-15-10-6-4-7-11-15/h4-13,18H,2-3,14H2,1H3. The van der Waals surface area contributed by atoms with E-state index in [1.807, 2.05) is 60.7 Å². The molecule has 0 aromatic heterocycles. The molecule has 2 rings (SSSR count). The summed E-state index contributed by atoms with van der Waals surface area (Å²) in [6, 6.07) is 18.9. The summed E-state index contributed by atoms with van der Waals surface area (Å²) in [6.45, 7) is 2.49. The Balaban J connectivity index is 2.12. The summed E-state index contributed by atoms with van der Waals surface area (Å²) in [5, 5.41) is 1.42. The molecule has 1 N–H and O–H groups in total. The molecule has 0 spiro atoms. The second-order valence-electron chi connectivity index (χ2n) is 4.62. The van der Waals surface area contributed by atoms with Crippen molar-refractivity contribution < 1.29 is 9.53 Å². The first-order valence-electron chi connectivity index (χ1n) is 7.15. The number of carbonyl (C=O) groups excluding carboxylic acids is 1. The highest BCUT2D eigenvalue weighted by molar-refractivity contribution is 5.89. The first kappa shape index (κ1) is 14.9. The molecule has 0 unspecified atom stereocenters. The van der Waals surface area contributed by atoms with Crippen molar-refractivity contribution in [3.05, 3.63) is 60.7 Å². The number of para-hydroxylation sites is 2. The maximum atomic E-state index is 12.3. The van der Waals surface area contributed by atoms with Crippen LogP contribution in [-0.4, -0.2) is 12.7 Å². The van der Waals surface area contributed by atoms with Crippen LogP contribution in [0.25, 0.3) is 0 Å². The van der Waals surface area contributed by atoms with Crippen LogP contribution in [0.15, 0.2) is 60.7 Å². The lowest BCUT2D eigenvalue weighted by atomic mass is 10.3. The Morgan fingerprint density at radius 2 is 1.67 bits per heavy atom. The number of ether oxygens (including phenoxy) is 1. The summed E-state index contributed by atoms with van der Waals surface area (Å²) in [7, 11) is 0. The van der Waals surface area contributed by atoms with Gasteiger partial charge in [-0.2, -0.15) is 5.01 Å². The fourth-order valence-corrected chi connectivity index (χ4v) is 1.80. The Morgan fingerprint density at radius 3 is 2.29 bits per heavy atom. The SMILES string of the molecule is CCCCOC(=O)N(Nc1ccccc1)c1ccccc1. The Hall–Kier alpha value is -2.49. The van der Waals surface area contributed by atoms with E-state index in [2.05, 4.69) is 12.3 Å². The molecule has 0 radical (unpaired) electrons. The number of nitrogens with zero attached hydrogens (tertiary/aromatic N) is 1. The smallest absolute Gasteiger partial charge is 0.433 e. The molecule has 0 aliphatic rings. The molecule has 0 heterocycles. The average Bonchev–Trinajstić information content (AvgIpc) is 2.54. The molecule has 0 atom stereocenters. The third kappa shape index (κ3) is 4.53. The Bertz CT molecular complexity index is 543. The Kier molecular flexibility index (Phi) is 5.64. The third-order valence-corrected chi connectivity index (χ3v) is 2.94. The molecule has 1 amide bonds. The lowest BCUT2D eigenvalue weighted by Gasteiger charge is -2.23. The van der Waals surface area contributed by atoms with Crippen LogP contribution in [0.5, 0.6) is 0 Å². The molecule has 110 valence electrons. The van der Waals surface area contributed by atoms with Gasteiger partial charge >= 0.3 is 6.09 Å². The van der Waals surface area contributed by atoms with Gasteiger partial charge < -0.3 is 4.74 Å². The van der Waals surface area contributed by atoms with Crippen LogP contribution in [-0.2, 0) is 4.74 Å². The normalized spacial score (nSPS) is 9.95. The van der Waals surface area contributed by atoms with Crippen molar-refractivity contribution in [2.24, 2.45) is 0 Å². The van der Waals surface area contributed by atoms with Gasteiger partial charge in [0.1, 0.15) is 0 Å². The number of carbonyl (C=O) groups is 1. The minimum atomic E-state index is -0.404. The number of nitrogens with one attached hydrogen (secondary N) is 1. The maximum Gasteiger partial charge on any atom is 0.433 e.